The number of fused-ring (bicyclic) bond motifs is 1. The van der Waals surface area contributed by atoms with E-state index in [0.29, 0.717) is 16.6 Å². The lowest BCUT2D eigenvalue weighted by molar-refractivity contribution is -0.137. The van der Waals surface area contributed by atoms with E-state index in [9.17, 15) is 22.2 Å². The van der Waals surface area contributed by atoms with Crippen molar-refractivity contribution in [3.63, 3.8) is 0 Å². The fourth-order valence-corrected chi connectivity index (χ4v) is 2.73. The fourth-order valence-electron chi connectivity index (χ4n) is 2.31. The quantitative estimate of drug-likeness (QED) is 0.505. The topological polar surface area (TPSA) is 94.2 Å². The molecule has 3 rings (SSSR count). The fraction of sp³-hybridized carbons (Fsp3) is 0.0625. The van der Waals surface area contributed by atoms with Gasteiger partial charge in [0.2, 0.25) is 11.1 Å². The Hall–Kier alpha value is -2.85. The number of amides is 2. The SMILES string of the molecule is O=C(Nc1ccc(C(F)(F)F)cc1)Nc1ccc2cc(S(=O)O)[nH]c2c1. The monoisotopic (exact) mass is 383 g/mol. The molecule has 3 aromatic rings. The van der Waals surface area contributed by atoms with Crippen molar-refractivity contribution < 1.29 is 26.7 Å². The Morgan fingerprint density at radius 2 is 1.62 bits per heavy atom. The average molecular weight is 383 g/mol. The molecule has 136 valence electrons. The van der Waals surface area contributed by atoms with Crippen LogP contribution in [-0.4, -0.2) is 19.8 Å². The molecule has 2 aromatic carbocycles. The maximum absolute atomic E-state index is 12.5. The average Bonchev–Trinajstić information content (AvgIpc) is 2.98. The maximum atomic E-state index is 12.5. The molecule has 0 fully saturated rings. The van der Waals surface area contributed by atoms with Crippen molar-refractivity contribution in [2.75, 3.05) is 10.6 Å². The number of carbonyl (C=O) groups excluding carboxylic acids is 1. The zero-order valence-corrected chi connectivity index (χ0v) is 13.7. The zero-order valence-electron chi connectivity index (χ0n) is 12.9. The van der Waals surface area contributed by atoms with E-state index in [1.807, 2.05) is 0 Å². The molecule has 0 aliphatic rings. The van der Waals surface area contributed by atoms with Gasteiger partial charge in [0.15, 0.2) is 0 Å². The van der Waals surface area contributed by atoms with Crippen LogP contribution < -0.4 is 10.6 Å². The molecule has 26 heavy (non-hydrogen) atoms. The highest BCUT2D eigenvalue weighted by Gasteiger charge is 2.29. The Labute approximate surface area is 147 Å². The lowest BCUT2D eigenvalue weighted by atomic mass is 10.2. The van der Waals surface area contributed by atoms with Crippen LogP contribution in [0, 0.1) is 0 Å². The summed E-state index contributed by atoms with van der Waals surface area (Å²) >= 11 is -2.15. The number of hydrogen-bond donors (Lipinski definition) is 4. The number of H-pyrrole nitrogens is 1. The predicted octanol–water partition coefficient (Wildman–Crippen LogP) is 4.41. The second kappa shape index (κ2) is 6.81. The lowest BCUT2D eigenvalue weighted by Gasteiger charge is -2.10. The Kier molecular flexibility index (Phi) is 4.70. The van der Waals surface area contributed by atoms with Gasteiger partial charge >= 0.3 is 12.2 Å². The van der Waals surface area contributed by atoms with E-state index in [4.69, 9.17) is 4.55 Å². The predicted molar refractivity (Wildman–Crippen MR) is 91.4 cm³/mol. The molecule has 0 saturated heterocycles. The number of nitrogens with one attached hydrogen (secondary N) is 3. The van der Waals surface area contributed by atoms with Gasteiger partial charge in [0.1, 0.15) is 5.03 Å². The molecule has 0 aliphatic carbocycles. The van der Waals surface area contributed by atoms with E-state index in [2.05, 4.69) is 15.6 Å². The summed E-state index contributed by atoms with van der Waals surface area (Å²) in [5, 5.41) is 5.78. The number of alkyl halides is 3. The third kappa shape index (κ3) is 4.03. The third-order valence-electron chi connectivity index (χ3n) is 3.51. The van der Waals surface area contributed by atoms with Gasteiger partial charge in [-0.2, -0.15) is 13.2 Å². The number of urea groups is 1. The van der Waals surface area contributed by atoms with Gasteiger partial charge in [-0.25, -0.2) is 9.00 Å². The summed E-state index contributed by atoms with van der Waals surface area (Å²) in [7, 11) is 0. The van der Waals surface area contributed by atoms with E-state index in [1.54, 1.807) is 18.2 Å². The molecule has 0 radical (unpaired) electrons. The molecule has 1 atom stereocenters. The highest BCUT2D eigenvalue weighted by molar-refractivity contribution is 7.79. The van der Waals surface area contributed by atoms with Crippen LogP contribution in [-0.2, 0) is 17.3 Å². The highest BCUT2D eigenvalue weighted by Crippen LogP contribution is 2.29. The van der Waals surface area contributed by atoms with E-state index in [0.717, 1.165) is 24.3 Å². The van der Waals surface area contributed by atoms with Crippen LogP contribution in [0.3, 0.4) is 0 Å². The van der Waals surface area contributed by atoms with Crippen LogP contribution in [0.5, 0.6) is 0 Å². The Balaban J connectivity index is 1.69. The highest BCUT2D eigenvalue weighted by atomic mass is 32.2. The van der Waals surface area contributed by atoms with Crippen molar-refractivity contribution in [3.05, 3.63) is 54.1 Å². The third-order valence-corrected chi connectivity index (χ3v) is 4.11. The van der Waals surface area contributed by atoms with Crippen molar-refractivity contribution in [1.82, 2.24) is 4.98 Å². The summed E-state index contributed by atoms with van der Waals surface area (Å²) in [5.74, 6) is 0. The molecular weight excluding hydrogens is 371 g/mol. The van der Waals surface area contributed by atoms with Crippen LogP contribution in [0.15, 0.2) is 53.6 Å². The van der Waals surface area contributed by atoms with Gasteiger partial charge in [-0.3, -0.25) is 0 Å². The van der Waals surface area contributed by atoms with Crippen LogP contribution in [0.2, 0.25) is 0 Å². The molecule has 10 heteroatoms. The molecule has 4 N–H and O–H groups in total. The first-order chi connectivity index (χ1) is 12.2. The standard InChI is InChI=1S/C16H12F3N3O3S/c17-16(18,19)10-2-5-11(6-3-10)20-15(23)21-12-4-1-9-7-14(26(24)25)22-13(9)8-12/h1-8,22H,(H,24,25)(H2,20,21,23). The number of anilines is 2. The molecule has 6 nitrogen and oxygen atoms in total. The van der Waals surface area contributed by atoms with Crippen molar-refractivity contribution >= 4 is 39.4 Å². The molecule has 1 heterocycles. The van der Waals surface area contributed by atoms with E-state index in [1.165, 1.54) is 6.07 Å². The second-order valence-electron chi connectivity index (χ2n) is 5.34. The summed E-state index contributed by atoms with van der Waals surface area (Å²) in [5.41, 5.74) is 0.348. The summed E-state index contributed by atoms with van der Waals surface area (Å²) in [6.07, 6.45) is -4.44. The molecule has 1 unspecified atom stereocenters. The molecule has 0 bridgehead atoms. The number of halogens is 3. The summed E-state index contributed by atoms with van der Waals surface area (Å²) in [4.78, 5) is 14.7. The Bertz CT molecular complexity index is 984. The van der Waals surface area contributed by atoms with Crippen LogP contribution in [0.1, 0.15) is 5.56 Å². The first-order valence-corrected chi connectivity index (χ1v) is 8.32. The number of carbonyl (C=O) groups is 1. The van der Waals surface area contributed by atoms with Crippen LogP contribution in [0.25, 0.3) is 10.9 Å². The van der Waals surface area contributed by atoms with Crippen LogP contribution >= 0.6 is 0 Å². The van der Waals surface area contributed by atoms with Crippen molar-refractivity contribution in [3.8, 4) is 0 Å². The minimum absolute atomic E-state index is 0.131. The van der Waals surface area contributed by atoms with E-state index < -0.39 is 28.9 Å². The molecule has 1 aromatic heterocycles. The van der Waals surface area contributed by atoms with Gasteiger partial charge < -0.3 is 20.2 Å². The number of aromatic nitrogens is 1. The summed E-state index contributed by atoms with van der Waals surface area (Å²) in [6, 6.07) is 9.73. The number of benzene rings is 2. The summed E-state index contributed by atoms with van der Waals surface area (Å²) < 4.78 is 57.7. The van der Waals surface area contributed by atoms with Gasteiger partial charge in [0.25, 0.3) is 0 Å². The number of rotatable bonds is 3. The second-order valence-corrected chi connectivity index (χ2v) is 6.28. The molecule has 2 amide bonds. The normalized spacial score (nSPS) is 12.8. The molecule has 0 spiro atoms. The van der Waals surface area contributed by atoms with Gasteiger partial charge in [0.05, 0.1) is 5.56 Å². The van der Waals surface area contributed by atoms with Gasteiger partial charge in [-0.1, -0.05) is 6.07 Å². The van der Waals surface area contributed by atoms with Crippen molar-refractivity contribution in [2.45, 2.75) is 11.2 Å². The van der Waals surface area contributed by atoms with E-state index >= 15 is 0 Å². The van der Waals surface area contributed by atoms with Gasteiger partial charge in [0, 0.05) is 22.3 Å². The summed E-state index contributed by atoms with van der Waals surface area (Å²) in [6.45, 7) is 0. The maximum Gasteiger partial charge on any atom is 0.416 e. The zero-order chi connectivity index (χ0) is 18.9. The first kappa shape index (κ1) is 18.0. The van der Waals surface area contributed by atoms with Crippen LogP contribution in [0.4, 0.5) is 29.3 Å². The minimum atomic E-state index is -4.44. The lowest BCUT2D eigenvalue weighted by Crippen LogP contribution is -2.19. The largest absolute Gasteiger partial charge is 0.416 e. The molecule has 0 saturated carbocycles. The van der Waals surface area contributed by atoms with Gasteiger partial charge in [-0.15, -0.1) is 0 Å². The minimum Gasteiger partial charge on any atom is -0.346 e. The molecular formula is C16H12F3N3O3S. The number of hydrogen-bond acceptors (Lipinski definition) is 2. The first-order valence-electron chi connectivity index (χ1n) is 7.21. The van der Waals surface area contributed by atoms with Gasteiger partial charge in [-0.05, 0) is 42.5 Å². The smallest absolute Gasteiger partial charge is 0.346 e. The number of aromatic amines is 1. The molecule has 0 aliphatic heterocycles. The Morgan fingerprint density at radius 1 is 1.00 bits per heavy atom. The van der Waals surface area contributed by atoms with Crippen molar-refractivity contribution in [1.29, 1.82) is 0 Å². The van der Waals surface area contributed by atoms with Crippen molar-refractivity contribution in [2.24, 2.45) is 0 Å². The Morgan fingerprint density at radius 3 is 2.23 bits per heavy atom. The van der Waals surface area contributed by atoms with E-state index in [-0.39, 0.29) is 10.7 Å².